The highest BCUT2D eigenvalue weighted by Gasteiger charge is 2.60. The average molecular weight is 402 g/mol. The average Bonchev–Trinajstić information content (AvgIpc) is 3.35. The highest BCUT2D eigenvalue weighted by molar-refractivity contribution is 5.90. The van der Waals surface area contributed by atoms with Gasteiger partial charge in [-0.05, 0) is 44.7 Å². The van der Waals surface area contributed by atoms with Gasteiger partial charge in [-0.15, -0.1) is 0 Å². The zero-order chi connectivity index (χ0) is 20.8. The Hall–Kier alpha value is -3.26. The van der Waals surface area contributed by atoms with Crippen molar-refractivity contribution in [3.63, 3.8) is 0 Å². The van der Waals surface area contributed by atoms with Crippen LogP contribution in [0.4, 0.5) is 0 Å². The first-order chi connectivity index (χ1) is 14.3. The summed E-state index contributed by atoms with van der Waals surface area (Å²) in [7, 11) is 1.84. The van der Waals surface area contributed by atoms with Crippen molar-refractivity contribution < 1.29 is 5.11 Å². The molecule has 3 aromatic heterocycles. The fourth-order valence-corrected chi connectivity index (χ4v) is 5.53. The number of nitrogens with two attached hydrogens (primary N) is 1. The van der Waals surface area contributed by atoms with Gasteiger partial charge < -0.3 is 15.4 Å². The minimum atomic E-state index is -0.153. The molecule has 3 saturated carbocycles. The van der Waals surface area contributed by atoms with Gasteiger partial charge in [0, 0.05) is 42.1 Å². The van der Waals surface area contributed by atoms with Crippen molar-refractivity contribution in [1.29, 1.82) is 0 Å². The van der Waals surface area contributed by atoms with E-state index in [9.17, 15) is 9.90 Å². The van der Waals surface area contributed by atoms with Crippen molar-refractivity contribution in [2.45, 2.75) is 43.7 Å². The number of aromatic nitrogens is 5. The summed E-state index contributed by atoms with van der Waals surface area (Å²) in [6.45, 7) is 1.82. The van der Waals surface area contributed by atoms with E-state index in [1.807, 2.05) is 43.1 Å². The Morgan fingerprint density at radius 2 is 2.07 bits per heavy atom. The molecule has 0 radical (unpaired) electrons. The molecule has 0 amide bonds. The van der Waals surface area contributed by atoms with Crippen LogP contribution in [0.5, 0.6) is 5.75 Å². The normalized spacial score (nSPS) is 25.2. The predicted octanol–water partition coefficient (Wildman–Crippen LogP) is 2.34. The zero-order valence-corrected chi connectivity index (χ0v) is 16.9. The third kappa shape index (κ3) is 2.19. The summed E-state index contributed by atoms with van der Waals surface area (Å²) in [6.07, 6.45) is 8.89. The van der Waals surface area contributed by atoms with Crippen LogP contribution in [0, 0.1) is 6.92 Å². The molecule has 4 aromatic rings. The summed E-state index contributed by atoms with van der Waals surface area (Å²) >= 11 is 0. The van der Waals surface area contributed by atoms with Crippen LogP contribution in [0.3, 0.4) is 0 Å². The van der Waals surface area contributed by atoms with Crippen LogP contribution in [-0.4, -0.2) is 35.0 Å². The first-order valence-electron chi connectivity index (χ1n) is 10.1. The second-order valence-electron chi connectivity index (χ2n) is 9.06. The van der Waals surface area contributed by atoms with Crippen LogP contribution in [0.2, 0.25) is 0 Å². The molecule has 8 nitrogen and oxygen atoms in total. The molecule has 3 fully saturated rings. The molecular formula is C22H22N6O2. The third-order valence-electron chi connectivity index (χ3n) is 6.97. The van der Waals surface area contributed by atoms with Crippen molar-refractivity contribution >= 4 is 21.8 Å². The van der Waals surface area contributed by atoms with Crippen LogP contribution >= 0.6 is 0 Å². The number of aryl methyl sites for hydroxylation is 2. The Morgan fingerprint density at radius 1 is 1.27 bits per heavy atom. The molecule has 0 saturated heterocycles. The second kappa shape index (κ2) is 5.46. The van der Waals surface area contributed by atoms with Gasteiger partial charge >= 0.3 is 0 Å². The SMILES string of the molecule is Cc1c(O)c(-c2ncc3c(=O)n(C45CCC(N)(C4)C5)ccc3n2)cc2cn(C)nc12. The minimum absolute atomic E-state index is 0.0777. The molecule has 30 heavy (non-hydrogen) atoms. The lowest BCUT2D eigenvalue weighted by molar-refractivity contribution is 0.120. The maximum atomic E-state index is 13.2. The number of rotatable bonds is 2. The van der Waals surface area contributed by atoms with Gasteiger partial charge in [-0.1, -0.05) is 0 Å². The Balaban J connectivity index is 1.49. The lowest BCUT2D eigenvalue weighted by atomic mass is 9.71. The largest absolute Gasteiger partial charge is 0.507 e. The molecule has 0 spiro atoms. The van der Waals surface area contributed by atoms with E-state index in [2.05, 4.69) is 15.1 Å². The molecule has 0 unspecified atom stereocenters. The molecule has 7 rings (SSSR count). The first kappa shape index (κ1) is 17.6. The van der Waals surface area contributed by atoms with Gasteiger partial charge in [0.1, 0.15) is 5.75 Å². The summed E-state index contributed by atoms with van der Waals surface area (Å²) in [5.74, 6) is 0.488. The monoisotopic (exact) mass is 402 g/mol. The molecule has 2 bridgehead atoms. The number of pyridine rings is 1. The molecule has 3 aliphatic carbocycles. The van der Waals surface area contributed by atoms with Gasteiger partial charge in [0.25, 0.3) is 5.56 Å². The second-order valence-corrected chi connectivity index (χ2v) is 9.06. The molecule has 8 heteroatoms. The summed E-state index contributed by atoms with van der Waals surface area (Å²) in [5.41, 5.74) is 8.50. The van der Waals surface area contributed by atoms with Gasteiger partial charge in [-0.25, -0.2) is 9.97 Å². The van der Waals surface area contributed by atoms with Crippen molar-refractivity contribution in [1.82, 2.24) is 24.3 Å². The molecule has 3 aliphatic rings. The third-order valence-corrected chi connectivity index (χ3v) is 6.97. The smallest absolute Gasteiger partial charge is 0.262 e. The number of aromatic hydroxyl groups is 1. The number of hydrogen-bond acceptors (Lipinski definition) is 6. The maximum Gasteiger partial charge on any atom is 0.262 e. The van der Waals surface area contributed by atoms with E-state index in [1.54, 1.807) is 10.9 Å². The van der Waals surface area contributed by atoms with E-state index in [1.165, 1.54) is 0 Å². The van der Waals surface area contributed by atoms with Crippen LogP contribution in [0.15, 0.2) is 35.5 Å². The summed E-state index contributed by atoms with van der Waals surface area (Å²) in [6, 6.07) is 3.69. The van der Waals surface area contributed by atoms with Crippen LogP contribution in [-0.2, 0) is 12.6 Å². The van der Waals surface area contributed by atoms with E-state index in [4.69, 9.17) is 5.73 Å². The molecular weight excluding hydrogens is 380 g/mol. The Bertz CT molecular complexity index is 1430. The van der Waals surface area contributed by atoms with Gasteiger partial charge in [0.15, 0.2) is 5.82 Å². The zero-order valence-electron chi connectivity index (χ0n) is 16.9. The van der Waals surface area contributed by atoms with Crippen LogP contribution in [0.1, 0.15) is 31.2 Å². The summed E-state index contributed by atoms with van der Waals surface area (Å²) in [4.78, 5) is 22.2. The summed E-state index contributed by atoms with van der Waals surface area (Å²) < 4.78 is 3.54. The molecule has 3 N–H and O–H groups in total. The first-order valence-corrected chi connectivity index (χ1v) is 10.1. The summed E-state index contributed by atoms with van der Waals surface area (Å²) in [5, 5.41) is 16.5. The number of benzene rings is 1. The highest BCUT2D eigenvalue weighted by Crippen LogP contribution is 2.57. The molecule has 3 heterocycles. The molecule has 1 aromatic carbocycles. The van der Waals surface area contributed by atoms with Crippen LogP contribution < -0.4 is 11.3 Å². The number of phenolic OH excluding ortho intramolecular Hbond substituents is 1. The minimum Gasteiger partial charge on any atom is -0.507 e. The van der Waals surface area contributed by atoms with E-state index in [0.29, 0.717) is 27.9 Å². The Morgan fingerprint density at radius 3 is 2.80 bits per heavy atom. The van der Waals surface area contributed by atoms with Crippen LogP contribution in [0.25, 0.3) is 33.2 Å². The van der Waals surface area contributed by atoms with E-state index in [0.717, 1.165) is 36.6 Å². The number of hydrogen-bond donors (Lipinski definition) is 2. The quantitative estimate of drug-likeness (QED) is 0.532. The number of nitrogens with zero attached hydrogens (tertiary/aromatic N) is 5. The van der Waals surface area contributed by atoms with Gasteiger partial charge in [0.05, 0.1) is 27.5 Å². The van der Waals surface area contributed by atoms with E-state index < -0.39 is 0 Å². The van der Waals surface area contributed by atoms with E-state index >= 15 is 0 Å². The fourth-order valence-electron chi connectivity index (χ4n) is 5.53. The standard InChI is InChI=1S/C22H22N6O2/c1-12-17-13(9-27(2)26-17)7-14(18(12)29)19-24-8-15-16(25-19)3-6-28(20(15)30)22-5-4-21(23,10-22)11-22/h3,6-9,29H,4-5,10-11,23H2,1-2H3. The lowest BCUT2D eigenvalue weighted by Gasteiger charge is -2.46. The molecule has 0 aliphatic heterocycles. The van der Waals surface area contributed by atoms with Crippen molar-refractivity contribution in [2.75, 3.05) is 0 Å². The Kier molecular flexibility index (Phi) is 3.20. The van der Waals surface area contributed by atoms with Crippen molar-refractivity contribution in [2.24, 2.45) is 12.8 Å². The molecule has 152 valence electrons. The lowest BCUT2D eigenvalue weighted by Crippen LogP contribution is -2.57. The van der Waals surface area contributed by atoms with Gasteiger partial charge in [-0.3, -0.25) is 9.48 Å². The highest BCUT2D eigenvalue weighted by atomic mass is 16.3. The van der Waals surface area contributed by atoms with Gasteiger partial charge in [-0.2, -0.15) is 5.10 Å². The molecule has 0 atom stereocenters. The van der Waals surface area contributed by atoms with Gasteiger partial charge in [0.2, 0.25) is 0 Å². The van der Waals surface area contributed by atoms with Crippen molar-refractivity contribution in [3.05, 3.63) is 46.6 Å². The number of fused-ring (bicyclic) bond motifs is 3. The van der Waals surface area contributed by atoms with E-state index in [-0.39, 0.29) is 22.4 Å². The fraction of sp³-hybridized carbons (Fsp3) is 0.364. The van der Waals surface area contributed by atoms with Crippen molar-refractivity contribution in [3.8, 4) is 17.1 Å². The topological polar surface area (TPSA) is 112 Å². The number of phenols is 1. The Labute approximate surface area is 172 Å². The maximum absolute atomic E-state index is 13.2. The predicted molar refractivity (Wildman–Crippen MR) is 113 cm³/mol.